The van der Waals surface area contributed by atoms with Crippen LogP contribution in [0.15, 0.2) is 22.8 Å². The van der Waals surface area contributed by atoms with Crippen molar-refractivity contribution in [3.8, 4) is 0 Å². The molecular weight excluding hydrogens is 368 g/mol. The van der Waals surface area contributed by atoms with Crippen molar-refractivity contribution in [1.82, 2.24) is 0 Å². The maximum atomic E-state index is 11.8. The van der Waals surface area contributed by atoms with Crippen LogP contribution in [-0.4, -0.2) is 22.2 Å². The van der Waals surface area contributed by atoms with Crippen LogP contribution in [0.25, 0.3) is 0 Å². The van der Waals surface area contributed by atoms with Crippen molar-refractivity contribution in [3.05, 3.63) is 24.2 Å². The van der Waals surface area contributed by atoms with Crippen molar-refractivity contribution in [3.63, 3.8) is 0 Å². The summed E-state index contributed by atoms with van der Waals surface area (Å²) < 4.78 is 5.29. The Bertz CT molecular complexity index is 536. The number of carboxylic acid groups (broad SMARTS) is 2. The van der Waals surface area contributed by atoms with Crippen molar-refractivity contribution in [2.75, 3.05) is 0 Å². The Morgan fingerprint density at radius 1 is 0.793 bits per heavy atom. The lowest BCUT2D eigenvalue weighted by atomic mass is 9.78. The largest absolute Gasteiger partial charge is 0.480 e. The van der Waals surface area contributed by atoms with Crippen LogP contribution in [0.1, 0.15) is 109 Å². The summed E-state index contributed by atoms with van der Waals surface area (Å²) in [5, 5.41) is 19.3. The Morgan fingerprint density at radius 2 is 1.28 bits per heavy atom. The van der Waals surface area contributed by atoms with E-state index in [0.29, 0.717) is 12.8 Å². The molecule has 0 radical (unpaired) electrons. The average Bonchev–Trinajstić information content (AvgIpc) is 3.20. The number of rotatable bonds is 19. The van der Waals surface area contributed by atoms with Gasteiger partial charge in [0.05, 0.1) is 6.26 Å². The van der Waals surface area contributed by atoms with Gasteiger partial charge in [0.25, 0.3) is 0 Å². The van der Waals surface area contributed by atoms with Crippen LogP contribution in [0.4, 0.5) is 0 Å². The highest BCUT2D eigenvalue weighted by atomic mass is 16.4. The first-order chi connectivity index (χ1) is 14.0. The van der Waals surface area contributed by atoms with Gasteiger partial charge < -0.3 is 14.6 Å². The maximum Gasteiger partial charge on any atom is 0.321 e. The average molecular weight is 409 g/mol. The van der Waals surface area contributed by atoms with E-state index in [9.17, 15) is 19.8 Å². The monoisotopic (exact) mass is 408 g/mol. The molecule has 5 nitrogen and oxygen atoms in total. The zero-order valence-electron chi connectivity index (χ0n) is 18.2. The summed E-state index contributed by atoms with van der Waals surface area (Å²) in [6.07, 6.45) is 16.7. The van der Waals surface area contributed by atoms with Crippen molar-refractivity contribution in [2.45, 2.75) is 110 Å². The van der Waals surface area contributed by atoms with Gasteiger partial charge in [0.15, 0.2) is 5.41 Å². The van der Waals surface area contributed by atoms with E-state index in [1.165, 1.54) is 38.5 Å². The van der Waals surface area contributed by atoms with Crippen molar-refractivity contribution < 1.29 is 24.2 Å². The second-order valence-corrected chi connectivity index (χ2v) is 8.26. The second kappa shape index (κ2) is 15.1. The third-order valence-corrected chi connectivity index (χ3v) is 5.88. The molecule has 1 aromatic rings. The number of carboxylic acids is 2. The maximum absolute atomic E-state index is 11.8. The fraction of sp³-hybridized carbons (Fsp3) is 0.750. The first kappa shape index (κ1) is 25.3. The molecular formula is C24H40O5. The molecule has 0 unspecified atom stereocenters. The van der Waals surface area contributed by atoms with Gasteiger partial charge in [-0.25, -0.2) is 0 Å². The summed E-state index contributed by atoms with van der Waals surface area (Å²) in [5.74, 6) is -1.46. The number of hydrogen-bond donors (Lipinski definition) is 2. The van der Waals surface area contributed by atoms with E-state index in [-0.39, 0.29) is 12.8 Å². The Labute approximate surface area is 175 Å². The smallest absolute Gasteiger partial charge is 0.321 e. The molecule has 2 N–H and O–H groups in total. The van der Waals surface area contributed by atoms with Gasteiger partial charge in [-0.3, -0.25) is 9.59 Å². The van der Waals surface area contributed by atoms with Gasteiger partial charge in [0, 0.05) is 6.42 Å². The first-order valence-electron chi connectivity index (χ1n) is 11.5. The molecule has 5 heteroatoms. The zero-order chi connectivity index (χ0) is 21.4. The summed E-state index contributed by atoms with van der Waals surface area (Å²) in [6.45, 7) is 2.22. The van der Waals surface area contributed by atoms with Crippen LogP contribution in [0.5, 0.6) is 0 Å². The van der Waals surface area contributed by atoms with Crippen molar-refractivity contribution in [1.29, 1.82) is 0 Å². The highest BCUT2D eigenvalue weighted by Gasteiger charge is 2.45. The third-order valence-electron chi connectivity index (χ3n) is 5.88. The van der Waals surface area contributed by atoms with Crippen LogP contribution >= 0.6 is 0 Å². The quantitative estimate of drug-likeness (QED) is 0.193. The SMILES string of the molecule is CCCCCCCCCCCCC(CCCCCc1ccco1)(C(=O)O)C(=O)O. The number of aryl methyl sites for hydroxylation is 1. The van der Waals surface area contributed by atoms with E-state index >= 15 is 0 Å². The van der Waals surface area contributed by atoms with Gasteiger partial charge >= 0.3 is 11.9 Å². The van der Waals surface area contributed by atoms with Crippen LogP contribution in [0.3, 0.4) is 0 Å². The number of carbonyl (C=O) groups is 2. The van der Waals surface area contributed by atoms with E-state index in [2.05, 4.69) is 6.92 Å². The normalized spacial score (nSPS) is 11.6. The lowest BCUT2D eigenvalue weighted by Crippen LogP contribution is -2.39. The fourth-order valence-electron chi connectivity index (χ4n) is 3.92. The van der Waals surface area contributed by atoms with Gasteiger partial charge in [0.1, 0.15) is 5.76 Å². The predicted octanol–water partition coefficient (Wildman–Crippen LogP) is 6.85. The van der Waals surface area contributed by atoms with Crippen LogP contribution < -0.4 is 0 Å². The molecule has 0 aliphatic rings. The molecule has 0 bridgehead atoms. The highest BCUT2D eigenvalue weighted by Crippen LogP contribution is 2.33. The summed E-state index contributed by atoms with van der Waals surface area (Å²) >= 11 is 0. The van der Waals surface area contributed by atoms with Crippen molar-refractivity contribution in [2.24, 2.45) is 5.41 Å². The molecule has 166 valence electrons. The topological polar surface area (TPSA) is 87.7 Å². The molecule has 0 aromatic carbocycles. The second-order valence-electron chi connectivity index (χ2n) is 8.26. The molecule has 0 saturated carbocycles. The van der Waals surface area contributed by atoms with E-state index in [0.717, 1.165) is 44.3 Å². The Hall–Kier alpha value is -1.78. The summed E-state index contributed by atoms with van der Waals surface area (Å²) in [5.41, 5.74) is -1.63. The van der Waals surface area contributed by atoms with Crippen LogP contribution in [0.2, 0.25) is 0 Å². The molecule has 1 aromatic heterocycles. The van der Waals surface area contributed by atoms with Gasteiger partial charge in [-0.2, -0.15) is 0 Å². The lowest BCUT2D eigenvalue weighted by Gasteiger charge is -2.25. The Balaban J connectivity index is 2.26. The minimum Gasteiger partial charge on any atom is -0.480 e. The molecule has 0 amide bonds. The number of hydrogen-bond acceptors (Lipinski definition) is 3. The van der Waals surface area contributed by atoms with Crippen LogP contribution in [-0.2, 0) is 16.0 Å². The molecule has 0 saturated heterocycles. The van der Waals surface area contributed by atoms with E-state index in [1.807, 2.05) is 12.1 Å². The minimum atomic E-state index is -1.63. The molecule has 1 heterocycles. The molecule has 0 aliphatic carbocycles. The lowest BCUT2D eigenvalue weighted by molar-refractivity contribution is -0.166. The Kier molecular flexibility index (Phi) is 13.2. The standard InChI is InChI=1S/C24H40O5/c1-2-3-4-5-6-7-8-9-10-13-18-24(22(25)26,23(27)28)19-14-11-12-16-21-17-15-20-29-21/h15,17,20H,2-14,16,18-19H2,1H3,(H,25,26)(H,27,28). The molecule has 0 aliphatic heterocycles. The van der Waals surface area contributed by atoms with E-state index in [1.54, 1.807) is 6.26 Å². The predicted molar refractivity (Wildman–Crippen MR) is 115 cm³/mol. The third kappa shape index (κ3) is 10.00. The zero-order valence-corrected chi connectivity index (χ0v) is 18.2. The number of aliphatic carboxylic acids is 2. The summed E-state index contributed by atoms with van der Waals surface area (Å²) in [7, 11) is 0. The highest BCUT2D eigenvalue weighted by molar-refractivity contribution is 5.98. The van der Waals surface area contributed by atoms with Gasteiger partial charge in [-0.15, -0.1) is 0 Å². The summed E-state index contributed by atoms with van der Waals surface area (Å²) in [6, 6.07) is 3.77. The molecule has 29 heavy (non-hydrogen) atoms. The Morgan fingerprint density at radius 3 is 1.72 bits per heavy atom. The van der Waals surface area contributed by atoms with Crippen LogP contribution in [0, 0.1) is 5.41 Å². The molecule has 0 fully saturated rings. The summed E-state index contributed by atoms with van der Waals surface area (Å²) in [4.78, 5) is 23.6. The number of furan rings is 1. The first-order valence-corrected chi connectivity index (χ1v) is 11.5. The van der Waals surface area contributed by atoms with Gasteiger partial charge in [-0.1, -0.05) is 84.0 Å². The van der Waals surface area contributed by atoms with E-state index in [4.69, 9.17) is 4.42 Å². The molecule has 1 rings (SSSR count). The van der Waals surface area contributed by atoms with Gasteiger partial charge in [-0.05, 0) is 31.4 Å². The van der Waals surface area contributed by atoms with Crippen molar-refractivity contribution >= 4 is 11.9 Å². The molecule has 0 atom stereocenters. The number of unbranched alkanes of at least 4 members (excludes halogenated alkanes) is 11. The fourth-order valence-corrected chi connectivity index (χ4v) is 3.92. The van der Waals surface area contributed by atoms with Gasteiger partial charge in [0.2, 0.25) is 0 Å². The minimum absolute atomic E-state index is 0.202. The van der Waals surface area contributed by atoms with E-state index < -0.39 is 17.4 Å². The molecule has 0 spiro atoms.